The van der Waals surface area contributed by atoms with Crippen LogP contribution in [-0.4, -0.2) is 29.0 Å². The minimum Gasteiger partial charge on any atom is -0.469 e. The van der Waals surface area contributed by atoms with E-state index >= 15 is 0 Å². The second-order valence-corrected chi connectivity index (χ2v) is 5.28. The molecule has 94 valence electrons. The van der Waals surface area contributed by atoms with E-state index in [2.05, 4.69) is 14.9 Å². The number of carbonyl (C=O) groups excluding carboxylic acids is 1. The molecule has 0 saturated heterocycles. The Morgan fingerprint density at radius 2 is 2.35 bits per heavy atom. The van der Waals surface area contributed by atoms with Crippen LogP contribution in [0.3, 0.4) is 0 Å². The molecule has 0 amide bonds. The zero-order chi connectivity index (χ0) is 12.3. The van der Waals surface area contributed by atoms with E-state index < -0.39 is 0 Å². The smallest absolute Gasteiger partial charge is 0.309 e. The molecule has 1 atom stereocenters. The number of rotatable bonds is 6. The summed E-state index contributed by atoms with van der Waals surface area (Å²) >= 11 is 1.61. The molecule has 0 unspecified atom stereocenters. The van der Waals surface area contributed by atoms with Crippen molar-refractivity contribution in [1.29, 1.82) is 0 Å². The molecule has 1 saturated carbocycles. The van der Waals surface area contributed by atoms with Gasteiger partial charge in [0.1, 0.15) is 0 Å². The van der Waals surface area contributed by atoms with Gasteiger partial charge in [0.15, 0.2) is 0 Å². The molecule has 0 radical (unpaired) electrons. The molecule has 0 bridgehead atoms. The fourth-order valence-corrected chi connectivity index (χ4v) is 2.31. The number of carbonyl (C=O) groups is 1. The first-order valence-electron chi connectivity index (χ1n) is 5.68. The molecule has 1 aliphatic carbocycles. The lowest BCUT2D eigenvalue weighted by Gasteiger charge is -2.06. The molecule has 0 aromatic carbocycles. The van der Waals surface area contributed by atoms with Crippen LogP contribution in [0.4, 0.5) is 0 Å². The Hall–Kier alpha value is -1.04. The van der Waals surface area contributed by atoms with Crippen molar-refractivity contribution in [2.24, 2.45) is 5.92 Å². The maximum atomic E-state index is 11.2. The van der Waals surface area contributed by atoms with Crippen LogP contribution >= 0.6 is 11.8 Å². The molecule has 1 aromatic rings. The SMILES string of the molecule is COC(=O)[C@@H](C)CSCc1nnc(C2CC2)o1. The highest BCUT2D eigenvalue weighted by molar-refractivity contribution is 7.98. The molecule has 1 heterocycles. The van der Waals surface area contributed by atoms with E-state index in [9.17, 15) is 4.79 Å². The third-order valence-electron chi connectivity index (χ3n) is 2.61. The minimum atomic E-state index is -0.179. The lowest BCUT2D eigenvalue weighted by atomic mass is 10.2. The van der Waals surface area contributed by atoms with Crippen LogP contribution in [0.15, 0.2) is 4.42 Å². The van der Waals surface area contributed by atoms with Crippen molar-refractivity contribution in [2.75, 3.05) is 12.9 Å². The third-order valence-corrected chi connectivity index (χ3v) is 3.79. The van der Waals surface area contributed by atoms with Crippen LogP contribution in [0.1, 0.15) is 37.5 Å². The second-order valence-electron chi connectivity index (χ2n) is 4.25. The number of thioether (sulfide) groups is 1. The van der Waals surface area contributed by atoms with E-state index in [4.69, 9.17) is 4.42 Å². The highest BCUT2D eigenvalue weighted by Crippen LogP contribution is 2.39. The van der Waals surface area contributed by atoms with Crippen molar-refractivity contribution in [3.63, 3.8) is 0 Å². The van der Waals surface area contributed by atoms with E-state index in [1.807, 2.05) is 6.92 Å². The van der Waals surface area contributed by atoms with Gasteiger partial charge in [0.2, 0.25) is 11.8 Å². The molecule has 6 heteroatoms. The van der Waals surface area contributed by atoms with E-state index in [1.165, 1.54) is 7.11 Å². The minimum absolute atomic E-state index is 0.101. The Kier molecular flexibility index (Phi) is 4.04. The van der Waals surface area contributed by atoms with Gasteiger partial charge in [-0.1, -0.05) is 6.92 Å². The lowest BCUT2D eigenvalue weighted by Crippen LogP contribution is -2.14. The van der Waals surface area contributed by atoms with E-state index in [0.717, 1.165) is 18.7 Å². The van der Waals surface area contributed by atoms with Crippen LogP contribution in [0, 0.1) is 5.92 Å². The van der Waals surface area contributed by atoms with Gasteiger partial charge in [0.25, 0.3) is 0 Å². The van der Waals surface area contributed by atoms with Crippen molar-refractivity contribution in [3.05, 3.63) is 11.8 Å². The zero-order valence-electron chi connectivity index (χ0n) is 10.0. The summed E-state index contributed by atoms with van der Waals surface area (Å²) in [5, 5.41) is 7.99. The van der Waals surface area contributed by atoms with E-state index in [0.29, 0.717) is 23.3 Å². The molecule has 0 spiro atoms. The Bertz CT molecular complexity index is 390. The van der Waals surface area contributed by atoms with Crippen LogP contribution in [0.2, 0.25) is 0 Å². The van der Waals surface area contributed by atoms with Crippen molar-refractivity contribution >= 4 is 17.7 Å². The average molecular weight is 256 g/mol. The maximum absolute atomic E-state index is 11.2. The first kappa shape index (κ1) is 12.4. The van der Waals surface area contributed by atoms with Gasteiger partial charge < -0.3 is 9.15 Å². The Morgan fingerprint density at radius 1 is 1.59 bits per heavy atom. The normalized spacial score (nSPS) is 16.8. The average Bonchev–Trinajstić information content (AvgIpc) is 3.08. The standard InChI is InChI=1S/C11H16N2O3S/c1-7(11(14)15-2)5-17-6-9-12-13-10(16-9)8-3-4-8/h7-8H,3-6H2,1-2H3/t7-/m0/s1. The maximum Gasteiger partial charge on any atom is 0.309 e. The quantitative estimate of drug-likeness (QED) is 0.725. The first-order chi connectivity index (χ1) is 8.20. The molecule has 1 aliphatic rings. The van der Waals surface area contributed by atoms with Gasteiger partial charge in [-0.3, -0.25) is 4.79 Å². The van der Waals surface area contributed by atoms with Gasteiger partial charge in [-0.05, 0) is 12.8 Å². The molecule has 1 aromatic heterocycles. The summed E-state index contributed by atoms with van der Waals surface area (Å²) in [7, 11) is 1.41. The van der Waals surface area contributed by atoms with Crippen LogP contribution in [0.5, 0.6) is 0 Å². The topological polar surface area (TPSA) is 65.2 Å². The summed E-state index contributed by atoms with van der Waals surface area (Å²) < 4.78 is 10.2. The summed E-state index contributed by atoms with van der Waals surface area (Å²) in [6.07, 6.45) is 2.32. The summed E-state index contributed by atoms with van der Waals surface area (Å²) in [4.78, 5) is 11.2. The third kappa shape index (κ3) is 3.46. The molecular weight excluding hydrogens is 240 g/mol. The second kappa shape index (κ2) is 5.53. The number of aromatic nitrogens is 2. The summed E-state index contributed by atoms with van der Waals surface area (Å²) in [5.74, 6) is 2.98. The van der Waals surface area contributed by atoms with Crippen LogP contribution in [0.25, 0.3) is 0 Å². The summed E-state index contributed by atoms with van der Waals surface area (Å²) in [5.41, 5.74) is 0. The van der Waals surface area contributed by atoms with Crippen LogP contribution < -0.4 is 0 Å². The number of hydrogen-bond donors (Lipinski definition) is 0. The van der Waals surface area contributed by atoms with Crippen LogP contribution in [-0.2, 0) is 15.3 Å². The number of methoxy groups -OCH3 is 1. The monoisotopic (exact) mass is 256 g/mol. The number of hydrogen-bond acceptors (Lipinski definition) is 6. The van der Waals surface area contributed by atoms with Gasteiger partial charge in [-0.15, -0.1) is 10.2 Å². The van der Waals surface area contributed by atoms with Crippen molar-refractivity contribution in [3.8, 4) is 0 Å². The largest absolute Gasteiger partial charge is 0.469 e. The van der Waals surface area contributed by atoms with Crippen molar-refractivity contribution in [1.82, 2.24) is 10.2 Å². The van der Waals surface area contributed by atoms with Gasteiger partial charge in [0.05, 0.1) is 18.8 Å². The Morgan fingerprint density at radius 3 is 3.00 bits per heavy atom. The van der Waals surface area contributed by atoms with Gasteiger partial charge in [0, 0.05) is 11.7 Å². The fourth-order valence-electron chi connectivity index (χ4n) is 1.41. The number of esters is 1. The highest BCUT2D eigenvalue weighted by Gasteiger charge is 2.29. The zero-order valence-corrected chi connectivity index (χ0v) is 10.8. The molecule has 2 rings (SSSR count). The molecule has 0 aliphatic heterocycles. The number of ether oxygens (including phenoxy) is 1. The van der Waals surface area contributed by atoms with E-state index in [-0.39, 0.29) is 11.9 Å². The fraction of sp³-hybridized carbons (Fsp3) is 0.727. The Labute approximate surface area is 104 Å². The lowest BCUT2D eigenvalue weighted by molar-refractivity contribution is -0.143. The molecule has 5 nitrogen and oxygen atoms in total. The first-order valence-corrected chi connectivity index (χ1v) is 6.84. The molecule has 1 fully saturated rings. The van der Waals surface area contributed by atoms with E-state index in [1.54, 1.807) is 11.8 Å². The number of nitrogens with zero attached hydrogens (tertiary/aromatic N) is 2. The molecule has 0 N–H and O–H groups in total. The Balaban J connectivity index is 1.72. The molecule has 17 heavy (non-hydrogen) atoms. The van der Waals surface area contributed by atoms with Crippen molar-refractivity contribution in [2.45, 2.75) is 31.4 Å². The van der Waals surface area contributed by atoms with Gasteiger partial charge in [-0.2, -0.15) is 11.8 Å². The molecular formula is C11H16N2O3S. The van der Waals surface area contributed by atoms with Crippen molar-refractivity contribution < 1.29 is 13.9 Å². The summed E-state index contributed by atoms with van der Waals surface area (Å²) in [6.45, 7) is 1.85. The predicted octanol–water partition coefficient (Wildman–Crippen LogP) is 1.99. The summed E-state index contributed by atoms with van der Waals surface area (Å²) in [6, 6.07) is 0. The predicted molar refractivity (Wildman–Crippen MR) is 63.6 cm³/mol. The highest BCUT2D eigenvalue weighted by atomic mass is 32.2. The van der Waals surface area contributed by atoms with Gasteiger partial charge >= 0.3 is 5.97 Å². The van der Waals surface area contributed by atoms with Gasteiger partial charge in [-0.25, -0.2) is 0 Å².